The van der Waals surface area contributed by atoms with Gasteiger partial charge in [0.25, 0.3) is 0 Å². The van der Waals surface area contributed by atoms with Gasteiger partial charge in [0.05, 0.1) is 6.42 Å². The van der Waals surface area contributed by atoms with Crippen LogP contribution in [0, 0.1) is 11.3 Å². The van der Waals surface area contributed by atoms with Gasteiger partial charge in [-0.05, 0) is 12.8 Å². The quantitative estimate of drug-likeness (QED) is 0.535. The molecule has 2 aliphatic carbocycles. The van der Waals surface area contributed by atoms with Crippen LogP contribution in [0.25, 0.3) is 0 Å². The standard InChI is InChI=1S/C11H16O2/c1-8-9(12)7-10(13)11(8)5-3-2-4-6-11/h8H,2-7H2,1H3. The molecular weight excluding hydrogens is 164 g/mol. The van der Waals surface area contributed by atoms with E-state index in [-0.39, 0.29) is 29.3 Å². The Bertz CT molecular complexity index is 249. The van der Waals surface area contributed by atoms with Crippen LogP contribution in [0.3, 0.4) is 0 Å². The Morgan fingerprint density at radius 2 is 1.77 bits per heavy atom. The van der Waals surface area contributed by atoms with Crippen molar-refractivity contribution in [2.45, 2.75) is 45.4 Å². The summed E-state index contributed by atoms with van der Waals surface area (Å²) in [6, 6.07) is 0. The number of rotatable bonds is 0. The maximum atomic E-state index is 11.8. The highest BCUT2D eigenvalue weighted by atomic mass is 16.2. The Morgan fingerprint density at radius 3 is 2.23 bits per heavy atom. The molecule has 2 nitrogen and oxygen atoms in total. The number of carbonyl (C=O) groups excluding carboxylic acids is 2. The topological polar surface area (TPSA) is 34.1 Å². The third-order valence-electron chi connectivity index (χ3n) is 3.95. The molecule has 0 bridgehead atoms. The molecule has 0 radical (unpaired) electrons. The number of hydrogen-bond donors (Lipinski definition) is 0. The Kier molecular flexibility index (Phi) is 2.01. The second-order valence-electron chi connectivity index (χ2n) is 4.50. The number of Topliss-reactive ketones (excluding diaryl/α,β-unsaturated/α-hetero) is 2. The van der Waals surface area contributed by atoms with Crippen LogP contribution >= 0.6 is 0 Å². The fraction of sp³-hybridized carbons (Fsp3) is 0.818. The fourth-order valence-electron chi connectivity index (χ4n) is 2.93. The van der Waals surface area contributed by atoms with Crippen molar-refractivity contribution >= 4 is 11.6 Å². The molecule has 2 fully saturated rings. The molecule has 2 aliphatic rings. The Labute approximate surface area is 78.7 Å². The summed E-state index contributed by atoms with van der Waals surface area (Å²) in [6.45, 7) is 1.94. The number of ketones is 2. The van der Waals surface area contributed by atoms with E-state index in [0.29, 0.717) is 0 Å². The summed E-state index contributed by atoms with van der Waals surface area (Å²) in [5, 5.41) is 0. The first kappa shape index (κ1) is 8.92. The molecule has 0 aromatic carbocycles. The normalized spacial score (nSPS) is 32.8. The van der Waals surface area contributed by atoms with Gasteiger partial charge in [-0.25, -0.2) is 0 Å². The van der Waals surface area contributed by atoms with Crippen LogP contribution in [0.4, 0.5) is 0 Å². The van der Waals surface area contributed by atoms with E-state index in [9.17, 15) is 9.59 Å². The van der Waals surface area contributed by atoms with Gasteiger partial charge >= 0.3 is 0 Å². The van der Waals surface area contributed by atoms with Gasteiger partial charge in [-0.2, -0.15) is 0 Å². The van der Waals surface area contributed by atoms with Gasteiger partial charge in [0, 0.05) is 11.3 Å². The van der Waals surface area contributed by atoms with Crippen molar-refractivity contribution in [2.75, 3.05) is 0 Å². The summed E-state index contributed by atoms with van der Waals surface area (Å²) in [4.78, 5) is 23.2. The molecular formula is C11H16O2. The molecule has 2 rings (SSSR count). The molecule has 72 valence electrons. The van der Waals surface area contributed by atoms with Crippen molar-refractivity contribution in [3.63, 3.8) is 0 Å². The average Bonchev–Trinajstić information content (AvgIpc) is 2.34. The highest BCUT2D eigenvalue weighted by Gasteiger charge is 2.51. The molecule has 1 spiro atoms. The Hall–Kier alpha value is -0.660. The van der Waals surface area contributed by atoms with Crippen LogP contribution < -0.4 is 0 Å². The third-order valence-corrected chi connectivity index (χ3v) is 3.95. The molecule has 0 saturated heterocycles. The van der Waals surface area contributed by atoms with Crippen LogP contribution in [-0.4, -0.2) is 11.6 Å². The van der Waals surface area contributed by atoms with Crippen LogP contribution in [0.1, 0.15) is 45.4 Å². The van der Waals surface area contributed by atoms with Gasteiger partial charge in [0.15, 0.2) is 0 Å². The van der Waals surface area contributed by atoms with Gasteiger partial charge < -0.3 is 0 Å². The minimum atomic E-state index is -0.227. The SMILES string of the molecule is CC1C(=O)CC(=O)C12CCCCC2. The van der Waals surface area contributed by atoms with Crippen LogP contribution in [0.15, 0.2) is 0 Å². The van der Waals surface area contributed by atoms with Crippen molar-refractivity contribution in [1.82, 2.24) is 0 Å². The summed E-state index contributed by atoms with van der Waals surface area (Å²) in [6.07, 6.45) is 5.61. The van der Waals surface area contributed by atoms with E-state index in [1.165, 1.54) is 6.42 Å². The van der Waals surface area contributed by atoms with Crippen molar-refractivity contribution in [3.8, 4) is 0 Å². The lowest BCUT2D eigenvalue weighted by Gasteiger charge is -2.34. The molecule has 1 unspecified atom stereocenters. The molecule has 0 aromatic heterocycles. The summed E-state index contributed by atoms with van der Waals surface area (Å²) < 4.78 is 0. The first-order chi connectivity index (χ1) is 6.17. The number of hydrogen-bond acceptors (Lipinski definition) is 2. The van der Waals surface area contributed by atoms with E-state index in [1.54, 1.807) is 0 Å². The average molecular weight is 180 g/mol. The molecule has 0 amide bonds. The molecule has 1 atom stereocenters. The third kappa shape index (κ3) is 1.15. The highest BCUT2D eigenvalue weighted by molar-refractivity contribution is 6.10. The number of carbonyl (C=O) groups is 2. The summed E-state index contributed by atoms with van der Waals surface area (Å²) in [5.74, 6) is 0.400. The molecule has 2 heteroatoms. The van der Waals surface area contributed by atoms with Crippen molar-refractivity contribution < 1.29 is 9.59 Å². The molecule has 2 saturated carbocycles. The largest absolute Gasteiger partial charge is 0.299 e. The smallest absolute Gasteiger partial charge is 0.147 e. The van der Waals surface area contributed by atoms with E-state index in [0.717, 1.165) is 25.7 Å². The molecule has 0 heterocycles. The lowest BCUT2D eigenvalue weighted by molar-refractivity contribution is -0.129. The predicted octanol–water partition coefficient (Wildman–Crippen LogP) is 2.11. The lowest BCUT2D eigenvalue weighted by Crippen LogP contribution is -2.34. The highest BCUT2D eigenvalue weighted by Crippen LogP contribution is 2.48. The maximum Gasteiger partial charge on any atom is 0.147 e. The van der Waals surface area contributed by atoms with Gasteiger partial charge in [-0.1, -0.05) is 26.2 Å². The zero-order valence-electron chi connectivity index (χ0n) is 8.14. The Balaban J connectivity index is 2.28. The fourth-order valence-corrected chi connectivity index (χ4v) is 2.93. The maximum absolute atomic E-state index is 11.8. The second-order valence-corrected chi connectivity index (χ2v) is 4.50. The first-order valence-corrected chi connectivity index (χ1v) is 5.23. The lowest BCUT2D eigenvalue weighted by atomic mass is 9.67. The summed E-state index contributed by atoms with van der Waals surface area (Å²) in [5.41, 5.74) is -0.227. The van der Waals surface area contributed by atoms with E-state index in [2.05, 4.69) is 0 Å². The monoisotopic (exact) mass is 180 g/mol. The molecule has 13 heavy (non-hydrogen) atoms. The first-order valence-electron chi connectivity index (χ1n) is 5.23. The van der Waals surface area contributed by atoms with Crippen LogP contribution in [-0.2, 0) is 9.59 Å². The minimum absolute atomic E-state index is 0.000278. The second kappa shape index (κ2) is 2.93. The molecule has 0 aliphatic heterocycles. The van der Waals surface area contributed by atoms with Crippen molar-refractivity contribution in [1.29, 1.82) is 0 Å². The van der Waals surface area contributed by atoms with Gasteiger partial charge in [-0.3, -0.25) is 9.59 Å². The minimum Gasteiger partial charge on any atom is -0.299 e. The Morgan fingerprint density at radius 1 is 1.15 bits per heavy atom. The van der Waals surface area contributed by atoms with Gasteiger partial charge in [-0.15, -0.1) is 0 Å². The zero-order valence-corrected chi connectivity index (χ0v) is 8.14. The molecule has 0 N–H and O–H groups in total. The predicted molar refractivity (Wildman–Crippen MR) is 49.3 cm³/mol. The van der Waals surface area contributed by atoms with E-state index < -0.39 is 0 Å². The molecule has 0 aromatic rings. The summed E-state index contributed by atoms with van der Waals surface area (Å²) >= 11 is 0. The zero-order chi connectivity index (χ0) is 9.47. The van der Waals surface area contributed by atoms with Crippen molar-refractivity contribution in [3.05, 3.63) is 0 Å². The van der Waals surface area contributed by atoms with Gasteiger partial charge in [0.2, 0.25) is 0 Å². The van der Waals surface area contributed by atoms with Gasteiger partial charge in [0.1, 0.15) is 11.6 Å². The van der Waals surface area contributed by atoms with Crippen LogP contribution in [0.5, 0.6) is 0 Å². The van der Waals surface area contributed by atoms with Crippen molar-refractivity contribution in [2.24, 2.45) is 11.3 Å². The van der Waals surface area contributed by atoms with E-state index in [1.807, 2.05) is 6.92 Å². The van der Waals surface area contributed by atoms with E-state index >= 15 is 0 Å². The van der Waals surface area contributed by atoms with Crippen LogP contribution in [0.2, 0.25) is 0 Å². The van der Waals surface area contributed by atoms with E-state index in [4.69, 9.17) is 0 Å². The summed E-state index contributed by atoms with van der Waals surface area (Å²) in [7, 11) is 0.